The Morgan fingerprint density at radius 3 is 2.07 bits per heavy atom. The van der Waals surface area contributed by atoms with E-state index in [0.29, 0.717) is 24.3 Å². The van der Waals surface area contributed by atoms with Crippen molar-refractivity contribution in [3.8, 4) is 22.6 Å². The summed E-state index contributed by atoms with van der Waals surface area (Å²) in [7, 11) is 1.40. The Labute approximate surface area is 255 Å². The molecule has 0 aromatic heterocycles. The second-order valence-electron chi connectivity index (χ2n) is 11.4. The van der Waals surface area contributed by atoms with Gasteiger partial charge in [-0.3, -0.25) is 9.59 Å². The zero-order valence-electron chi connectivity index (χ0n) is 25.8. The number of methoxy groups -OCH3 is 2. The molecule has 230 valence electrons. The van der Waals surface area contributed by atoms with Crippen molar-refractivity contribution in [1.29, 1.82) is 0 Å². The van der Waals surface area contributed by atoms with Gasteiger partial charge in [-0.15, -0.1) is 0 Å². The molecule has 0 heterocycles. The van der Waals surface area contributed by atoms with Crippen LogP contribution in [0.2, 0.25) is 0 Å². The van der Waals surface area contributed by atoms with E-state index in [0.717, 1.165) is 22.4 Å². The Balaban J connectivity index is 1.90. The molecule has 10 heteroatoms. The van der Waals surface area contributed by atoms with E-state index in [-0.39, 0.29) is 17.7 Å². The lowest BCUT2D eigenvalue weighted by Crippen LogP contribution is -2.57. The van der Waals surface area contributed by atoms with Crippen LogP contribution in [0.25, 0.3) is 11.1 Å². The molecule has 43 heavy (non-hydrogen) atoms. The molecule has 0 unspecified atom stereocenters. The average Bonchev–Trinajstić information content (AvgIpc) is 2.99. The summed E-state index contributed by atoms with van der Waals surface area (Å²) in [6, 6.07) is 21.6. The molecular formula is C33H44BN3O6. The van der Waals surface area contributed by atoms with Gasteiger partial charge in [0.25, 0.3) is 0 Å². The molecule has 0 saturated heterocycles. The molecule has 3 atom stereocenters. The zero-order valence-corrected chi connectivity index (χ0v) is 25.8. The number of ether oxygens (including phenoxy) is 2. The Kier molecular flexibility index (Phi) is 12.5. The smallest absolute Gasteiger partial charge is 0.475 e. The van der Waals surface area contributed by atoms with Gasteiger partial charge in [-0.2, -0.15) is 0 Å². The van der Waals surface area contributed by atoms with Crippen molar-refractivity contribution >= 4 is 24.6 Å². The Morgan fingerprint density at radius 2 is 1.47 bits per heavy atom. The van der Waals surface area contributed by atoms with E-state index in [1.54, 1.807) is 20.3 Å². The van der Waals surface area contributed by atoms with Crippen molar-refractivity contribution in [1.82, 2.24) is 10.6 Å². The number of carbonyl (C=O) groups is 2. The van der Waals surface area contributed by atoms with E-state index in [9.17, 15) is 19.6 Å². The van der Waals surface area contributed by atoms with Crippen LogP contribution < -0.4 is 25.4 Å². The summed E-state index contributed by atoms with van der Waals surface area (Å²) < 4.78 is 10.8. The topological polar surface area (TPSA) is 129 Å². The first kappa shape index (κ1) is 33.5. The standard InChI is InChI=1S/C33H44BN3O6/c1-21(2)17-30(34(40)41)36-33(39)31(22(3)4)37-32(38)27(18-23-15-16-28(42-5)29(19-23)43-6)35-26-14-10-13-25(20-26)24-11-8-7-9-12-24/h7-16,19-22,27,30-31,35,40-41H,17-18H2,1-6H3,(H,36,39)(H,37,38)/t27-,30-,31-/m0/s1. The van der Waals surface area contributed by atoms with Gasteiger partial charge >= 0.3 is 7.12 Å². The third-order valence-corrected chi connectivity index (χ3v) is 7.17. The molecule has 3 aromatic rings. The second-order valence-corrected chi connectivity index (χ2v) is 11.4. The highest BCUT2D eigenvalue weighted by molar-refractivity contribution is 6.43. The first-order valence-electron chi connectivity index (χ1n) is 14.6. The number of rotatable bonds is 15. The van der Waals surface area contributed by atoms with Gasteiger partial charge < -0.3 is 35.5 Å². The largest absolute Gasteiger partial charge is 0.493 e. The van der Waals surface area contributed by atoms with Crippen molar-refractivity contribution in [3.63, 3.8) is 0 Å². The third-order valence-electron chi connectivity index (χ3n) is 7.17. The van der Waals surface area contributed by atoms with Crippen LogP contribution in [0.3, 0.4) is 0 Å². The van der Waals surface area contributed by atoms with Crippen LogP contribution in [0, 0.1) is 11.8 Å². The van der Waals surface area contributed by atoms with Gasteiger partial charge in [-0.05, 0) is 59.2 Å². The highest BCUT2D eigenvalue weighted by Gasteiger charge is 2.33. The predicted molar refractivity (Wildman–Crippen MR) is 171 cm³/mol. The maximum atomic E-state index is 13.9. The monoisotopic (exact) mass is 589 g/mol. The van der Waals surface area contributed by atoms with Crippen LogP contribution in [0.4, 0.5) is 5.69 Å². The summed E-state index contributed by atoms with van der Waals surface area (Å²) in [5, 5.41) is 28.7. The molecule has 9 nitrogen and oxygen atoms in total. The number of benzene rings is 3. The van der Waals surface area contributed by atoms with Gasteiger partial charge in [-0.25, -0.2) is 0 Å². The molecule has 0 aliphatic carbocycles. The maximum Gasteiger partial charge on any atom is 0.475 e. The van der Waals surface area contributed by atoms with E-state index in [1.165, 1.54) is 0 Å². The molecule has 0 aliphatic rings. The third kappa shape index (κ3) is 9.76. The molecule has 3 aromatic carbocycles. The van der Waals surface area contributed by atoms with Gasteiger partial charge in [-0.1, -0.05) is 76.2 Å². The molecule has 2 amide bonds. The van der Waals surface area contributed by atoms with E-state index >= 15 is 0 Å². The quantitative estimate of drug-likeness (QED) is 0.169. The van der Waals surface area contributed by atoms with Crippen LogP contribution in [0.1, 0.15) is 39.7 Å². The minimum Gasteiger partial charge on any atom is -0.493 e. The first-order chi connectivity index (χ1) is 20.5. The lowest BCUT2D eigenvalue weighted by atomic mass is 9.75. The number of hydrogen-bond donors (Lipinski definition) is 5. The van der Waals surface area contributed by atoms with Crippen molar-refractivity contribution in [2.24, 2.45) is 11.8 Å². The summed E-state index contributed by atoms with van der Waals surface area (Å²) in [4.78, 5) is 27.2. The molecule has 0 radical (unpaired) electrons. The summed E-state index contributed by atoms with van der Waals surface area (Å²) in [6.45, 7) is 7.52. The summed E-state index contributed by atoms with van der Waals surface area (Å²) in [5.74, 6) is -0.717. The van der Waals surface area contributed by atoms with E-state index in [2.05, 4.69) is 16.0 Å². The van der Waals surface area contributed by atoms with E-state index < -0.39 is 31.1 Å². The SMILES string of the molecule is COc1ccc(C[C@H](Nc2cccc(-c3ccccc3)c2)C(=O)N[C@H](C(=O)N[C@@H](CC(C)C)B(O)O)C(C)C)cc1OC. The fraction of sp³-hybridized carbons (Fsp3) is 0.394. The summed E-state index contributed by atoms with van der Waals surface area (Å²) in [5.41, 5.74) is 3.61. The second kappa shape index (κ2) is 16.0. The number of nitrogens with one attached hydrogen (secondary N) is 3. The van der Waals surface area contributed by atoms with Crippen molar-refractivity contribution in [3.05, 3.63) is 78.4 Å². The normalized spacial score (nSPS) is 13.2. The van der Waals surface area contributed by atoms with Gasteiger partial charge in [0, 0.05) is 12.1 Å². The predicted octanol–water partition coefficient (Wildman–Crippen LogP) is 4.08. The molecule has 0 saturated carbocycles. The van der Waals surface area contributed by atoms with Crippen LogP contribution >= 0.6 is 0 Å². The molecule has 0 spiro atoms. The van der Waals surface area contributed by atoms with Crippen LogP contribution in [0.15, 0.2) is 72.8 Å². The number of anilines is 1. The minimum atomic E-state index is -1.72. The van der Waals surface area contributed by atoms with Crippen molar-refractivity contribution in [2.75, 3.05) is 19.5 Å². The summed E-state index contributed by atoms with van der Waals surface area (Å²) >= 11 is 0. The van der Waals surface area contributed by atoms with Crippen LogP contribution in [0.5, 0.6) is 11.5 Å². The Bertz CT molecular complexity index is 1340. The van der Waals surface area contributed by atoms with Gasteiger partial charge in [0.15, 0.2) is 11.5 Å². The lowest BCUT2D eigenvalue weighted by molar-refractivity contribution is -0.130. The van der Waals surface area contributed by atoms with E-state index in [1.807, 2.05) is 94.4 Å². The highest BCUT2D eigenvalue weighted by atomic mass is 16.5. The molecular weight excluding hydrogens is 545 g/mol. The van der Waals surface area contributed by atoms with Crippen molar-refractivity contribution < 1.29 is 29.1 Å². The van der Waals surface area contributed by atoms with Crippen LogP contribution in [-0.2, 0) is 16.0 Å². The Hall–Kier alpha value is -4.02. The van der Waals surface area contributed by atoms with E-state index in [4.69, 9.17) is 9.47 Å². The molecule has 0 bridgehead atoms. The lowest BCUT2D eigenvalue weighted by Gasteiger charge is -2.28. The highest BCUT2D eigenvalue weighted by Crippen LogP contribution is 2.29. The fourth-order valence-corrected chi connectivity index (χ4v) is 4.90. The van der Waals surface area contributed by atoms with Gasteiger partial charge in [0.1, 0.15) is 12.1 Å². The number of hydrogen-bond acceptors (Lipinski definition) is 7. The van der Waals surface area contributed by atoms with Gasteiger partial charge in [0.2, 0.25) is 11.8 Å². The first-order valence-corrected chi connectivity index (χ1v) is 14.6. The fourth-order valence-electron chi connectivity index (χ4n) is 4.90. The summed E-state index contributed by atoms with van der Waals surface area (Å²) in [6.07, 6.45) is 0.670. The Morgan fingerprint density at radius 1 is 0.791 bits per heavy atom. The minimum absolute atomic E-state index is 0.126. The van der Waals surface area contributed by atoms with Crippen LogP contribution in [-0.4, -0.2) is 61.2 Å². The maximum absolute atomic E-state index is 13.9. The van der Waals surface area contributed by atoms with Crippen molar-refractivity contribution in [2.45, 2.75) is 58.6 Å². The molecule has 0 fully saturated rings. The zero-order chi connectivity index (χ0) is 31.5. The number of amides is 2. The number of carbonyl (C=O) groups excluding carboxylic acids is 2. The molecule has 5 N–H and O–H groups in total. The average molecular weight is 590 g/mol. The molecule has 0 aliphatic heterocycles. The van der Waals surface area contributed by atoms with Gasteiger partial charge in [0.05, 0.1) is 20.2 Å². The molecule has 3 rings (SSSR count).